The van der Waals surface area contributed by atoms with E-state index in [-0.39, 0.29) is 0 Å². The van der Waals surface area contributed by atoms with Crippen molar-refractivity contribution < 1.29 is 9.59 Å². The van der Waals surface area contributed by atoms with E-state index in [2.05, 4.69) is 15.6 Å². The predicted molar refractivity (Wildman–Crippen MR) is 78.9 cm³/mol. The second-order valence-corrected chi connectivity index (χ2v) is 4.76. The predicted octanol–water partition coefficient (Wildman–Crippen LogP) is 2.77. The molecule has 2 aromatic rings. The van der Waals surface area contributed by atoms with Gasteiger partial charge in [-0.2, -0.15) is 0 Å². The van der Waals surface area contributed by atoms with Crippen LogP contribution in [0.15, 0.2) is 53.7 Å². The molecule has 0 atom stereocenters. The molecule has 0 saturated heterocycles. The number of rotatable bonds is 3. The summed E-state index contributed by atoms with van der Waals surface area (Å²) in [4.78, 5) is 28.3. The topological polar surface area (TPSA) is 71.1 Å². The number of amides is 3. The molecule has 2 rings (SSSR count). The maximum absolute atomic E-state index is 11.7. The molecule has 0 fully saturated rings. The Labute approximate surface area is 120 Å². The Kier molecular flexibility index (Phi) is 4.73. The number of aromatic nitrogens is 1. The van der Waals surface area contributed by atoms with Crippen molar-refractivity contribution >= 4 is 29.4 Å². The highest BCUT2D eigenvalue weighted by molar-refractivity contribution is 7.98. The molecule has 0 unspecified atom stereocenters. The molecule has 1 heterocycles. The van der Waals surface area contributed by atoms with Crippen molar-refractivity contribution in [2.45, 2.75) is 4.90 Å². The van der Waals surface area contributed by atoms with E-state index in [0.29, 0.717) is 11.3 Å². The van der Waals surface area contributed by atoms with Crippen molar-refractivity contribution in [1.29, 1.82) is 0 Å². The lowest BCUT2D eigenvalue weighted by Gasteiger charge is -2.07. The SMILES string of the molecule is CSc1ccc(NC(=O)NC(=O)c2cccnc2)cc1. The van der Waals surface area contributed by atoms with E-state index in [9.17, 15) is 9.59 Å². The van der Waals surface area contributed by atoms with E-state index < -0.39 is 11.9 Å². The fourth-order valence-electron chi connectivity index (χ4n) is 1.51. The number of carbonyl (C=O) groups is 2. The Hall–Kier alpha value is -2.34. The van der Waals surface area contributed by atoms with Crippen LogP contribution in [-0.4, -0.2) is 23.2 Å². The normalized spacial score (nSPS) is 9.85. The number of imide groups is 1. The van der Waals surface area contributed by atoms with Gasteiger partial charge in [0.25, 0.3) is 5.91 Å². The van der Waals surface area contributed by atoms with Crippen LogP contribution in [0.5, 0.6) is 0 Å². The fraction of sp³-hybridized carbons (Fsp3) is 0.0714. The number of carbonyl (C=O) groups excluding carboxylic acids is 2. The van der Waals surface area contributed by atoms with Crippen LogP contribution in [0.1, 0.15) is 10.4 Å². The summed E-state index contributed by atoms with van der Waals surface area (Å²) in [5.41, 5.74) is 0.958. The van der Waals surface area contributed by atoms with Gasteiger partial charge in [-0.25, -0.2) is 4.79 Å². The van der Waals surface area contributed by atoms with Crippen LogP contribution in [0.4, 0.5) is 10.5 Å². The molecule has 0 saturated carbocycles. The van der Waals surface area contributed by atoms with Gasteiger partial charge in [-0.3, -0.25) is 15.1 Å². The van der Waals surface area contributed by atoms with E-state index in [1.165, 1.54) is 6.20 Å². The molecule has 0 radical (unpaired) electrons. The average molecular weight is 287 g/mol. The van der Waals surface area contributed by atoms with E-state index >= 15 is 0 Å². The number of pyridine rings is 1. The van der Waals surface area contributed by atoms with Crippen LogP contribution in [0.25, 0.3) is 0 Å². The molecule has 0 bridgehead atoms. The number of urea groups is 1. The summed E-state index contributed by atoms with van der Waals surface area (Å²) in [6, 6.07) is 9.99. The summed E-state index contributed by atoms with van der Waals surface area (Å²) < 4.78 is 0. The molecular weight excluding hydrogens is 274 g/mol. The van der Waals surface area contributed by atoms with Crippen LogP contribution in [0.2, 0.25) is 0 Å². The van der Waals surface area contributed by atoms with Gasteiger partial charge in [0, 0.05) is 23.0 Å². The molecule has 2 N–H and O–H groups in total. The summed E-state index contributed by atoms with van der Waals surface area (Å²) in [6.45, 7) is 0. The first-order valence-electron chi connectivity index (χ1n) is 5.85. The zero-order valence-corrected chi connectivity index (χ0v) is 11.6. The van der Waals surface area contributed by atoms with Crippen molar-refractivity contribution in [2.75, 3.05) is 11.6 Å². The van der Waals surface area contributed by atoms with Crippen LogP contribution in [0, 0.1) is 0 Å². The van der Waals surface area contributed by atoms with Crippen LogP contribution in [0.3, 0.4) is 0 Å². The Balaban J connectivity index is 1.93. The van der Waals surface area contributed by atoms with Crippen LogP contribution >= 0.6 is 11.8 Å². The van der Waals surface area contributed by atoms with Crippen molar-refractivity contribution in [1.82, 2.24) is 10.3 Å². The summed E-state index contributed by atoms with van der Waals surface area (Å²) >= 11 is 1.61. The Morgan fingerprint density at radius 1 is 1.15 bits per heavy atom. The number of thioether (sulfide) groups is 1. The average Bonchev–Trinajstić information content (AvgIpc) is 2.49. The number of benzene rings is 1. The van der Waals surface area contributed by atoms with E-state index in [4.69, 9.17) is 0 Å². The summed E-state index contributed by atoms with van der Waals surface area (Å²) in [7, 11) is 0. The second kappa shape index (κ2) is 6.72. The van der Waals surface area contributed by atoms with Crippen molar-refractivity contribution in [2.24, 2.45) is 0 Å². The smallest absolute Gasteiger partial charge is 0.308 e. The third-order valence-electron chi connectivity index (χ3n) is 2.50. The highest BCUT2D eigenvalue weighted by Crippen LogP contribution is 2.17. The van der Waals surface area contributed by atoms with E-state index in [0.717, 1.165) is 4.90 Å². The lowest BCUT2D eigenvalue weighted by molar-refractivity contribution is 0.0967. The van der Waals surface area contributed by atoms with Gasteiger partial charge in [0.15, 0.2) is 0 Å². The maximum Gasteiger partial charge on any atom is 0.326 e. The quantitative estimate of drug-likeness (QED) is 0.852. The van der Waals surface area contributed by atoms with Gasteiger partial charge < -0.3 is 5.32 Å². The van der Waals surface area contributed by atoms with Gasteiger partial charge in [0.1, 0.15) is 0 Å². The van der Waals surface area contributed by atoms with Crippen LogP contribution in [-0.2, 0) is 0 Å². The molecule has 0 spiro atoms. The minimum atomic E-state index is -0.573. The molecule has 0 aliphatic rings. The molecule has 6 heteroatoms. The number of anilines is 1. The molecule has 0 aliphatic heterocycles. The molecular formula is C14H13N3O2S. The number of nitrogens with one attached hydrogen (secondary N) is 2. The van der Waals surface area contributed by atoms with Gasteiger partial charge in [0.05, 0.1) is 5.56 Å². The van der Waals surface area contributed by atoms with Crippen molar-refractivity contribution in [3.63, 3.8) is 0 Å². The van der Waals surface area contributed by atoms with E-state index in [1.54, 1.807) is 42.2 Å². The van der Waals surface area contributed by atoms with Gasteiger partial charge in [0.2, 0.25) is 0 Å². The van der Waals surface area contributed by atoms with Gasteiger partial charge in [-0.15, -0.1) is 11.8 Å². The maximum atomic E-state index is 11.7. The number of hydrogen-bond donors (Lipinski definition) is 2. The highest BCUT2D eigenvalue weighted by atomic mass is 32.2. The molecule has 5 nitrogen and oxygen atoms in total. The van der Waals surface area contributed by atoms with E-state index in [1.807, 2.05) is 18.4 Å². The third-order valence-corrected chi connectivity index (χ3v) is 3.24. The molecule has 1 aromatic carbocycles. The monoisotopic (exact) mass is 287 g/mol. The lowest BCUT2D eigenvalue weighted by Crippen LogP contribution is -2.34. The van der Waals surface area contributed by atoms with Gasteiger partial charge in [-0.05, 0) is 42.7 Å². The molecule has 20 heavy (non-hydrogen) atoms. The summed E-state index contributed by atoms with van der Waals surface area (Å²) in [5.74, 6) is -0.490. The minimum absolute atomic E-state index is 0.334. The minimum Gasteiger partial charge on any atom is -0.308 e. The first kappa shape index (κ1) is 14.1. The van der Waals surface area contributed by atoms with Crippen molar-refractivity contribution in [3.05, 3.63) is 54.4 Å². The zero-order chi connectivity index (χ0) is 14.4. The zero-order valence-electron chi connectivity index (χ0n) is 10.8. The van der Waals surface area contributed by atoms with Crippen molar-refractivity contribution in [3.8, 4) is 0 Å². The Morgan fingerprint density at radius 2 is 1.90 bits per heavy atom. The summed E-state index contributed by atoms with van der Waals surface area (Å²) in [5, 5.41) is 4.83. The molecule has 102 valence electrons. The molecule has 1 aromatic heterocycles. The summed E-state index contributed by atoms with van der Waals surface area (Å²) in [6.07, 6.45) is 4.93. The molecule has 3 amide bonds. The number of nitrogens with zero attached hydrogens (tertiary/aromatic N) is 1. The highest BCUT2D eigenvalue weighted by Gasteiger charge is 2.10. The number of hydrogen-bond acceptors (Lipinski definition) is 4. The van der Waals surface area contributed by atoms with Gasteiger partial charge >= 0.3 is 6.03 Å². The Bertz CT molecular complexity index is 600. The Morgan fingerprint density at radius 3 is 2.50 bits per heavy atom. The lowest BCUT2D eigenvalue weighted by atomic mass is 10.3. The molecule has 0 aliphatic carbocycles. The standard InChI is InChI=1S/C14H13N3O2S/c1-20-12-6-4-11(5-7-12)16-14(19)17-13(18)10-3-2-8-15-9-10/h2-9H,1H3,(H2,16,17,18,19). The first-order chi connectivity index (χ1) is 9.69. The first-order valence-corrected chi connectivity index (χ1v) is 7.08. The fourth-order valence-corrected chi connectivity index (χ4v) is 1.92. The largest absolute Gasteiger partial charge is 0.326 e. The van der Waals surface area contributed by atoms with Gasteiger partial charge in [-0.1, -0.05) is 0 Å². The second-order valence-electron chi connectivity index (χ2n) is 3.88. The van der Waals surface area contributed by atoms with Crippen LogP contribution < -0.4 is 10.6 Å². The third kappa shape index (κ3) is 3.83.